The minimum absolute atomic E-state index is 0.180. The number of halogens is 2. The number of ether oxygens (including phenoxy) is 1. The molecule has 0 unspecified atom stereocenters. The van der Waals surface area contributed by atoms with E-state index >= 15 is 0 Å². The average molecular weight is 338 g/mol. The lowest BCUT2D eigenvalue weighted by Gasteiger charge is -2.17. The maximum absolute atomic E-state index is 13.8. The van der Waals surface area contributed by atoms with Gasteiger partial charge < -0.3 is 4.74 Å². The first-order valence-electron chi connectivity index (χ1n) is 6.34. The van der Waals surface area contributed by atoms with Gasteiger partial charge in [0.2, 0.25) is 0 Å². The molecular weight excluding hydrogens is 321 g/mol. The molecule has 2 nitrogen and oxygen atoms in total. The highest BCUT2D eigenvalue weighted by Crippen LogP contribution is 2.18. The SMILES string of the molecule is COc1ccc(CN(C)Cc2ccc(Br)cc2F)cc1. The average Bonchev–Trinajstić information content (AvgIpc) is 2.43. The Bertz CT molecular complexity index is 571. The molecule has 0 aliphatic rings. The molecule has 0 spiro atoms. The van der Waals surface area contributed by atoms with Crippen molar-refractivity contribution in [1.29, 1.82) is 0 Å². The summed E-state index contributed by atoms with van der Waals surface area (Å²) in [6, 6.07) is 13.1. The lowest BCUT2D eigenvalue weighted by atomic mass is 10.1. The summed E-state index contributed by atoms with van der Waals surface area (Å²) in [6.07, 6.45) is 0. The molecule has 20 heavy (non-hydrogen) atoms. The van der Waals surface area contributed by atoms with Crippen LogP contribution in [0.15, 0.2) is 46.9 Å². The number of hydrogen-bond acceptors (Lipinski definition) is 2. The Kier molecular flexibility index (Phi) is 5.15. The predicted octanol–water partition coefficient (Wildman–Crippen LogP) is 4.23. The molecule has 0 radical (unpaired) electrons. The van der Waals surface area contributed by atoms with Gasteiger partial charge in [0.05, 0.1) is 7.11 Å². The fraction of sp³-hybridized carbons (Fsp3) is 0.250. The van der Waals surface area contributed by atoms with Gasteiger partial charge in [0.25, 0.3) is 0 Å². The van der Waals surface area contributed by atoms with E-state index in [9.17, 15) is 4.39 Å². The maximum Gasteiger partial charge on any atom is 0.128 e. The van der Waals surface area contributed by atoms with Gasteiger partial charge in [-0.25, -0.2) is 4.39 Å². The molecule has 2 aromatic carbocycles. The van der Waals surface area contributed by atoms with Gasteiger partial charge in [-0.05, 0) is 36.9 Å². The van der Waals surface area contributed by atoms with Crippen molar-refractivity contribution in [1.82, 2.24) is 4.90 Å². The smallest absolute Gasteiger partial charge is 0.128 e. The van der Waals surface area contributed by atoms with Crippen molar-refractivity contribution in [3.63, 3.8) is 0 Å². The highest BCUT2D eigenvalue weighted by atomic mass is 79.9. The van der Waals surface area contributed by atoms with Crippen LogP contribution in [0.4, 0.5) is 4.39 Å². The second kappa shape index (κ2) is 6.86. The Morgan fingerprint density at radius 3 is 2.40 bits per heavy atom. The van der Waals surface area contributed by atoms with Gasteiger partial charge in [0.1, 0.15) is 11.6 Å². The molecule has 2 rings (SSSR count). The lowest BCUT2D eigenvalue weighted by Crippen LogP contribution is -2.18. The second-order valence-electron chi connectivity index (χ2n) is 4.76. The third-order valence-electron chi connectivity index (χ3n) is 3.07. The van der Waals surface area contributed by atoms with Gasteiger partial charge in [0, 0.05) is 23.1 Å². The quantitative estimate of drug-likeness (QED) is 0.809. The molecule has 4 heteroatoms. The molecule has 0 aliphatic carbocycles. The highest BCUT2D eigenvalue weighted by molar-refractivity contribution is 9.10. The Labute approximate surface area is 127 Å². The summed E-state index contributed by atoms with van der Waals surface area (Å²) in [4.78, 5) is 2.08. The van der Waals surface area contributed by atoms with Crippen LogP contribution in [0.1, 0.15) is 11.1 Å². The van der Waals surface area contributed by atoms with Crippen molar-refractivity contribution in [2.75, 3.05) is 14.2 Å². The molecule has 0 atom stereocenters. The van der Waals surface area contributed by atoms with E-state index in [1.165, 1.54) is 11.6 Å². The van der Waals surface area contributed by atoms with Gasteiger partial charge in [-0.15, -0.1) is 0 Å². The largest absolute Gasteiger partial charge is 0.497 e. The van der Waals surface area contributed by atoms with Crippen LogP contribution in [0.3, 0.4) is 0 Å². The van der Waals surface area contributed by atoms with E-state index in [2.05, 4.69) is 20.8 Å². The normalized spacial score (nSPS) is 10.8. The molecule has 0 aromatic heterocycles. The minimum Gasteiger partial charge on any atom is -0.497 e. The highest BCUT2D eigenvalue weighted by Gasteiger charge is 2.07. The van der Waals surface area contributed by atoms with Crippen molar-refractivity contribution in [2.45, 2.75) is 13.1 Å². The maximum atomic E-state index is 13.8. The van der Waals surface area contributed by atoms with Gasteiger partial charge in [0.15, 0.2) is 0 Å². The Morgan fingerprint density at radius 1 is 1.10 bits per heavy atom. The van der Waals surface area contributed by atoms with E-state index in [1.54, 1.807) is 7.11 Å². The number of rotatable bonds is 5. The first-order chi connectivity index (χ1) is 9.58. The molecule has 0 N–H and O–H groups in total. The zero-order valence-corrected chi connectivity index (χ0v) is 13.2. The lowest BCUT2D eigenvalue weighted by molar-refractivity contribution is 0.313. The van der Waals surface area contributed by atoms with Crippen molar-refractivity contribution < 1.29 is 9.13 Å². The molecule has 106 valence electrons. The van der Waals surface area contributed by atoms with Crippen molar-refractivity contribution in [3.8, 4) is 5.75 Å². The van der Waals surface area contributed by atoms with E-state index in [0.717, 1.165) is 16.8 Å². The van der Waals surface area contributed by atoms with Gasteiger partial charge >= 0.3 is 0 Å². The van der Waals surface area contributed by atoms with Crippen molar-refractivity contribution in [2.24, 2.45) is 0 Å². The van der Waals surface area contributed by atoms with E-state index in [1.807, 2.05) is 43.4 Å². The Balaban J connectivity index is 1.99. The molecule has 2 aromatic rings. The van der Waals surface area contributed by atoms with Crippen LogP contribution in [0.5, 0.6) is 5.75 Å². The van der Waals surface area contributed by atoms with E-state index < -0.39 is 0 Å². The van der Waals surface area contributed by atoms with Crippen LogP contribution in [0, 0.1) is 5.82 Å². The summed E-state index contributed by atoms with van der Waals surface area (Å²) in [6.45, 7) is 1.34. The Morgan fingerprint density at radius 2 is 1.80 bits per heavy atom. The monoisotopic (exact) mass is 337 g/mol. The third-order valence-corrected chi connectivity index (χ3v) is 3.56. The predicted molar refractivity (Wildman–Crippen MR) is 82.3 cm³/mol. The number of hydrogen-bond donors (Lipinski definition) is 0. The number of nitrogens with zero attached hydrogens (tertiary/aromatic N) is 1. The summed E-state index contributed by atoms with van der Waals surface area (Å²) in [5, 5.41) is 0. The van der Waals surface area contributed by atoms with Crippen LogP contribution in [0.25, 0.3) is 0 Å². The van der Waals surface area contributed by atoms with Crippen LogP contribution in [-0.2, 0) is 13.1 Å². The molecule has 0 bridgehead atoms. The summed E-state index contributed by atoms with van der Waals surface area (Å²) in [7, 11) is 3.63. The van der Waals surface area contributed by atoms with E-state index in [0.29, 0.717) is 12.1 Å². The Hall–Kier alpha value is -1.39. The zero-order valence-electron chi connectivity index (χ0n) is 11.6. The van der Waals surface area contributed by atoms with Crippen molar-refractivity contribution in [3.05, 3.63) is 63.9 Å². The van der Waals surface area contributed by atoms with Crippen LogP contribution in [0.2, 0.25) is 0 Å². The van der Waals surface area contributed by atoms with Crippen LogP contribution >= 0.6 is 15.9 Å². The molecule has 0 fully saturated rings. The van der Waals surface area contributed by atoms with E-state index in [-0.39, 0.29) is 5.82 Å². The topological polar surface area (TPSA) is 12.5 Å². The fourth-order valence-electron chi connectivity index (χ4n) is 2.04. The first-order valence-corrected chi connectivity index (χ1v) is 7.13. The number of methoxy groups -OCH3 is 1. The molecule has 0 saturated heterocycles. The van der Waals surface area contributed by atoms with Gasteiger partial charge in [-0.3, -0.25) is 4.90 Å². The van der Waals surface area contributed by atoms with E-state index in [4.69, 9.17) is 4.74 Å². The summed E-state index contributed by atoms with van der Waals surface area (Å²) in [5.74, 6) is 0.663. The number of benzene rings is 2. The summed E-state index contributed by atoms with van der Waals surface area (Å²) >= 11 is 3.26. The summed E-state index contributed by atoms with van der Waals surface area (Å²) in [5.41, 5.74) is 1.87. The standard InChI is InChI=1S/C16H17BrFNO/c1-19(10-12-3-7-15(20-2)8-4-12)11-13-5-6-14(17)9-16(13)18/h3-9H,10-11H2,1-2H3. The summed E-state index contributed by atoms with van der Waals surface area (Å²) < 4.78 is 19.7. The molecule has 0 aliphatic heterocycles. The first kappa shape index (κ1) is 15.0. The molecular formula is C16H17BrFNO. The van der Waals surface area contributed by atoms with Gasteiger partial charge in [-0.2, -0.15) is 0 Å². The van der Waals surface area contributed by atoms with Crippen LogP contribution < -0.4 is 4.74 Å². The second-order valence-corrected chi connectivity index (χ2v) is 5.67. The van der Waals surface area contributed by atoms with Crippen molar-refractivity contribution >= 4 is 15.9 Å². The molecule has 0 saturated carbocycles. The minimum atomic E-state index is -0.180. The molecule has 0 heterocycles. The van der Waals surface area contributed by atoms with Gasteiger partial charge in [-0.1, -0.05) is 34.1 Å². The fourth-order valence-corrected chi connectivity index (χ4v) is 2.37. The third kappa shape index (κ3) is 4.05. The molecule has 0 amide bonds. The zero-order chi connectivity index (χ0) is 14.5. The van der Waals surface area contributed by atoms with Crippen LogP contribution in [-0.4, -0.2) is 19.1 Å².